The molecular formula is C26H29N5O2. The molecule has 0 radical (unpaired) electrons. The number of hydrogen-bond donors (Lipinski definition) is 2. The van der Waals surface area contributed by atoms with Gasteiger partial charge in [-0.15, -0.1) is 0 Å². The number of rotatable bonds is 7. The third-order valence-electron chi connectivity index (χ3n) is 6.32. The van der Waals surface area contributed by atoms with Crippen LogP contribution in [0, 0.1) is 0 Å². The zero-order valence-corrected chi connectivity index (χ0v) is 18.8. The van der Waals surface area contributed by atoms with Crippen molar-refractivity contribution in [1.82, 2.24) is 19.9 Å². The van der Waals surface area contributed by atoms with Gasteiger partial charge < -0.3 is 20.4 Å². The molecule has 1 aliphatic rings. The first-order valence-corrected chi connectivity index (χ1v) is 11.6. The second-order valence-electron chi connectivity index (χ2n) is 8.79. The van der Waals surface area contributed by atoms with Gasteiger partial charge >= 0.3 is 0 Å². The van der Waals surface area contributed by atoms with E-state index in [1.165, 1.54) is 5.56 Å². The van der Waals surface area contributed by atoms with Gasteiger partial charge in [0.15, 0.2) is 5.65 Å². The maximum Gasteiger partial charge on any atom is 0.257 e. The number of carbonyl (C=O) groups excluding carboxylic acids is 1. The summed E-state index contributed by atoms with van der Waals surface area (Å²) in [5.74, 6) is 0.178. The molecule has 0 aliphatic carbocycles. The average molecular weight is 444 g/mol. The lowest BCUT2D eigenvalue weighted by Crippen LogP contribution is -2.33. The molecule has 3 heterocycles. The molecule has 3 N–H and O–H groups in total. The molecule has 4 aromatic rings. The lowest BCUT2D eigenvalue weighted by atomic mass is 10.1. The summed E-state index contributed by atoms with van der Waals surface area (Å²) in [4.78, 5) is 23.0. The van der Waals surface area contributed by atoms with Gasteiger partial charge in [-0.25, -0.2) is 9.97 Å². The number of fused-ring (bicyclic) bond motifs is 2. The second-order valence-corrected chi connectivity index (χ2v) is 8.79. The van der Waals surface area contributed by atoms with Crippen LogP contribution in [0.3, 0.4) is 0 Å². The van der Waals surface area contributed by atoms with Crippen molar-refractivity contribution in [3.05, 3.63) is 65.7 Å². The molecule has 0 saturated carbocycles. The Labute approximate surface area is 193 Å². The number of hydrogen-bond acceptors (Lipinski definition) is 5. The van der Waals surface area contributed by atoms with E-state index in [1.807, 2.05) is 54.0 Å². The van der Waals surface area contributed by atoms with Crippen LogP contribution in [0.25, 0.3) is 22.2 Å². The van der Waals surface area contributed by atoms with Crippen LogP contribution in [0.1, 0.15) is 42.1 Å². The van der Waals surface area contributed by atoms with Crippen molar-refractivity contribution in [3.63, 3.8) is 0 Å². The third kappa shape index (κ3) is 4.41. The number of nitrogens with two attached hydrogens (primary N) is 1. The van der Waals surface area contributed by atoms with Crippen LogP contribution in [0.4, 0.5) is 5.82 Å². The minimum absolute atomic E-state index is 0.0120. The second kappa shape index (κ2) is 9.19. The van der Waals surface area contributed by atoms with Crippen LogP contribution < -0.4 is 11.1 Å². The molecule has 1 amide bonds. The van der Waals surface area contributed by atoms with Crippen LogP contribution in [-0.4, -0.2) is 39.2 Å². The molecule has 1 saturated heterocycles. The largest absolute Gasteiger partial charge is 0.384 e. The van der Waals surface area contributed by atoms with E-state index in [4.69, 9.17) is 20.4 Å². The van der Waals surface area contributed by atoms with Gasteiger partial charge in [0.05, 0.1) is 23.7 Å². The maximum atomic E-state index is 13.4. The SMILES string of the molecule is C[C@H](CCc1ccccc1)NC(=O)c1c(N)n(C[C@H]2CCCO2)c2nc3ccccc3nc12. The monoisotopic (exact) mass is 443 g/mol. The molecule has 7 heteroatoms. The molecule has 5 rings (SSSR count). The Morgan fingerprint density at radius 1 is 1.15 bits per heavy atom. The third-order valence-corrected chi connectivity index (χ3v) is 6.32. The number of para-hydroxylation sites is 2. The standard InChI is InChI=1S/C26H29N5O2/c1-17(13-14-18-8-3-2-4-9-18)28-26(32)22-23-25(30-21-12-6-5-11-20(21)29-23)31(24(22)27)16-19-10-7-15-33-19/h2-6,8-9,11-12,17,19H,7,10,13-16,27H2,1H3,(H,28,32)/t17-,19-/m1/s1. The fourth-order valence-corrected chi connectivity index (χ4v) is 4.51. The number of aromatic nitrogens is 3. The highest BCUT2D eigenvalue weighted by atomic mass is 16.5. The van der Waals surface area contributed by atoms with Gasteiger partial charge in [0.25, 0.3) is 5.91 Å². The van der Waals surface area contributed by atoms with Gasteiger partial charge in [-0.3, -0.25) is 4.79 Å². The van der Waals surface area contributed by atoms with Crippen molar-refractivity contribution in [2.75, 3.05) is 12.3 Å². The summed E-state index contributed by atoms with van der Waals surface area (Å²) in [6.07, 6.45) is 3.79. The number of nitrogens with zero attached hydrogens (tertiary/aromatic N) is 3. The normalized spacial score (nSPS) is 16.9. The first-order valence-electron chi connectivity index (χ1n) is 11.6. The summed E-state index contributed by atoms with van der Waals surface area (Å²) in [7, 11) is 0. The van der Waals surface area contributed by atoms with Crippen LogP contribution in [0.15, 0.2) is 54.6 Å². The van der Waals surface area contributed by atoms with Crippen molar-refractivity contribution in [2.45, 2.75) is 51.3 Å². The summed E-state index contributed by atoms with van der Waals surface area (Å²) in [5.41, 5.74) is 10.9. The molecule has 0 bridgehead atoms. The van der Waals surface area contributed by atoms with E-state index < -0.39 is 0 Å². The number of amides is 1. The van der Waals surface area contributed by atoms with Crippen LogP contribution in [0.5, 0.6) is 0 Å². The first kappa shape index (κ1) is 21.4. The zero-order valence-electron chi connectivity index (χ0n) is 18.8. The minimum Gasteiger partial charge on any atom is -0.384 e. The van der Waals surface area contributed by atoms with Gasteiger partial charge in [-0.1, -0.05) is 42.5 Å². The van der Waals surface area contributed by atoms with Gasteiger partial charge in [-0.05, 0) is 50.3 Å². The smallest absolute Gasteiger partial charge is 0.257 e. The summed E-state index contributed by atoms with van der Waals surface area (Å²) in [6.45, 7) is 3.33. The lowest BCUT2D eigenvalue weighted by molar-refractivity contribution is 0.0936. The predicted molar refractivity (Wildman–Crippen MR) is 130 cm³/mol. The highest BCUT2D eigenvalue weighted by Gasteiger charge is 2.27. The highest BCUT2D eigenvalue weighted by Crippen LogP contribution is 2.29. The summed E-state index contributed by atoms with van der Waals surface area (Å²) in [5, 5.41) is 3.12. The van der Waals surface area contributed by atoms with E-state index >= 15 is 0 Å². The number of benzene rings is 2. The average Bonchev–Trinajstić information content (AvgIpc) is 3.43. The number of anilines is 1. The van der Waals surface area contributed by atoms with Crippen molar-refractivity contribution >= 4 is 33.9 Å². The van der Waals surface area contributed by atoms with E-state index in [1.54, 1.807) is 0 Å². The van der Waals surface area contributed by atoms with Crippen LogP contribution in [-0.2, 0) is 17.7 Å². The molecule has 0 spiro atoms. The molecule has 0 unspecified atom stereocenters. The molecule has 170 valence electrons. The maximum absolute atomic E-state index is 13.4. The fraction of sp³-hybridized carbons (Fsp3) is 0.346. The van der Waals surface area contributed by atoms with Gasteiger partial charge in [0.2, 0.25) is 0 Å². The Hall–Kier alpha value is -3.45. The Morgan fingerprint density at radius 2 is 1.88 bits per heavy atom. The molecule has 1 aliphatic heterocycles. The fourth-order valence-electron chi connectivity index (χ4n) is 4.51. The molecule has 7 nitrogen and oxygen atoms in total. The number of ether oxygens (including phenoxy) is 1. The van der Waals surface area contributed by atoms with E-state index in [9.17, 15) is 4.79 Å². The van der Waals surface area contributed by atoms with Crippen molar-refractivity contribution in [3.8, 4) is 0 Å². The number of aryl methyl sites for hydroxylation is 1. The lowest BCUT2D eigenvalue weighted by Gasteiger charge is -2.15. The molecule has 2 atom stereocenters. The number of nitrogens with one attached hydrogen (secondary N) is 1. The topological polar surface area (TPSA) is 95.1 Å². The molecular weight excluding hydrogens is 414 g/mol. The van der Waals surface area contributed by atoms with Gasteiger partial charge in [0, 0.05) is 12.6 Å². The summed E-state index contributed by atoms with van der Waals surface area (Å²) >= 11 is 0. The van der Waals surface area contributed by atoms with E-state index in [0.29, 0.717) is 29.1 Å². The summed E-state index contributed by atoms with van der Waals surface area (Å²) in [6, 6.07) is 17.9. The van der Waals surface area contributed by atoms with Crippen LogP contribution in [0.2, 0.25) is 0 Å². The molecule has 2 aromatic carbocycles. The molecule has 1 fully saturated rings. The number of carbonyl (C=O) groups is 1. The van der Waals surface area contributed by atoms with E-state index in [2.05, 4.69) is 17.4 Å². The zero-order chi connectivity index (χ0) is 22.8. The predicted octanol–water partition coefficient (Wildman–Crippen LogP) is 4.10. The van der Waals surface area contributed by atoms with Crippen molar-refractivity contribution in [2.24, 2.45) is 0 Å². The van der Waals surface area contributed by atoms with Gasteiger partial charge in [-0.2, -0.15) is 0 Å². The van der Waals surface area contributed by atoms with E-state index in [-0.39, 0.29) is 18.1 Å². The van der Waals surface area contributed by atoms with Crippen LogP contribution >= 0.6 is 0 Å². The molecule has 33 heavy (non-hydrogen) atoms. The Bertz CT molecular complexity index is 1280. The van der Waals surface area contributed by atoms with Crippen molar-refractivity contribution < 1.29 is 9.53 Å². The van der Waals surface area contributed by atoms with E-state index in [0.717, 1.165) is 43.3 Å². The minimum atomic E-state index is -0.214. The number of nitrogen functional groups attached to an aromatic ring is 1. The summed E-state index contributed by atoms with van der Waals surface area (Å²) < 4.78 is 7.73. The van der Waals surface area contributed by atoms with Gasteiger partial charge in [0.1, 0.15) is 16.9 Å². The molecule has 2 aromatic heterocycles. The van der Waals surface area contributed by atoms with Crippen molar-refractivity contribution in [1.29, 1.82) is 0 Å². The Kier molecular flexibility index (Phi) is 5.96. The quantitative estimate of drug-likeness (QED) is 0.448. The first-order chi connectivity index (χ1) is 16.1. The highest BCUT2D eigenvalue weighted by molar-refractivity contribution is 6.10. The Morgan fingerprint density at radius 3 is 2.61 bits per heavy atom. The Balaban J connectivity index is 1.46.